The molecule has 0 spiro atoms. The molecule has 0 radical (unpaired) electrons. The Morgan fingerprint density at radius 2 is 1.86 bits per heavy atom. The van der Waals surface area contributed by atoms with Crippen molar-refractivity contribution >= 4 is 11.8 Å². The van der Waals surface area contributed by atoms with Crippen LogP contribution in [0.1, 0.15) is 32.1 Å². The maximum Gasteiger partial charge on any atom is 0.0774 e. The summed E-state index contributed by atoms with van der Waals surface area (Å²) in [5, 5.41) is 10.3. The van der Waals surface area contributed by atoms with E-state index in [1.54, 1.807) is 0 Å². The van der Waals surface area contributed by atoms with Gasteiger partial charge in [-0.1, -0.05) is 12.8 Å². The Balaban J connectivity index is 1.82. The molecule has 1 heterocycles. The van der Waals surface area contributed by atoms with Gasteiger partial charge >= 0.3 is 0 Å². The Kier molecular flexibility index (Phi) is 3.74. The van der Waals surface area contributed by atoms with E-state index in [2.05, 4.69) is 16.7 Å². The highest BCUT2D eigenvalue weighted by molar-refractivity contribution is 7.99. The first-order chi connectivity index (χ1) is 6.79. The Bertz CT molecular complexity index is 172. The van der Waals surface area contributed by atoms with Crippen molar-refractivity contribution in [2.24, 2.45) is 0 Å². The van der Waals surface area contributed by atoms with Gasteiger partial charge in [0.15, 0.2) is 0 Å². The maximum absolute atomic E-state index is 10.3. The van der Waals surface area contributed by atoms with Crippen LogP contribution in [0.5, 0.6) is 0 Å². The zero-order valence-corrected chi connectivity index (χ0v) is 9.69. The zero-order valence-electron chi connectivity index (χ0n) is 8.87. The predicted octanol–water partition coefficient (Wildman–Crippen LogP) is 1.73. The third kappa shape index (κ3) is 2.88. The van der Waals surface area contributed by atoms with Gasteiger partial charge in [0, 0.05) is 18.8 Å². The van der Waals surface area contributed by atoms with Crippen LogP contribution in [0.3, 0.4) is 0 Å². The number of aliphatic hydroxyl groups is 1. The van der Waals surface area contributed by atoms with Crippen molar-refractivity contribution in [3.05, 3.63) is 0 Å². The summed E-state index contributed by atoms with van der Waals surface area (Å²) < 4.78 is 0. The van der Waals surface area contributed by atoms with Crippen molar-refractivity contribution in [2.75, 3.05) is 31.1 Å². The molecule has 1 N–H and O–H groups in total. The fourth-order valence-corrected chi connectivity index (χ4v) is 3.49. The molecule has 2 rings (SSSR count). The lowest BCUT2D eigenvalue weighted by molar-refractivity contribution is 0.0115. The average molecular weight is 215 g/mol. The van der Waals surface area contributed by atoms with Crippen LogP contribution in [-0.4, -0.2) is 46.7 Å². The van der Waals surface area contributed by atoms with Gasteiger partial charge in [-0.25, -0.2) is 0 Å². The monoisotopic (exact) mass is 215 g/mol. The highest BCUT2D eigenvalue weighted by atomic mass is 32.2. The quantitative estimate of drug-likeness (QED) is 0.759. The van der Waals surface area contributed by atoms with Gasteiger partial charge in [0.05, 0.1) is 5.60 Å². The van der Waals surface area contributed by atoms with Gasteiger partial charge in [0.25, 0.3) is 0 Å². The minimum Gasteiger partial charge on any atom is -0.389 e. The smallest absolute Gasteiger partial charge is 0.0774 e. The minimum absolute atomic E-state index is 0.338. The summed E-state index contributed by atoms with van der Waals surface area (Å²) in [6.45, 7) is 3.29. The average Bonchev–Trinajstić information content (AvgIpc) is 2.43. The van der Waals surface area contributed by atoms with Crippen molar-refractivity contribution in [1.82, 2.24) is 4.90 Å². The number of nitrogens with zero attached hydrogens (tertiary/aromatic N) is 1. The number of rotatable bonds is 2. The molecule has 0 unspecified atom stereocenters. The highest BCUT2D eigenvalue weighted by Gasteiger charge is 2.32. The summed E-state index contributed by atoms with van der Waals surface area (Å²) >= 11 is 2.05. The largest absolute Gasteiger partial charge is 0.389 e. The molecular formula is C11H21NOS. The van der Waals surface area contributed by atoms with Crippen LogP contribution in [0, 0.1) is 0 Å². The maximum atomic E-state index is 10.3. The number of thioether (sulfide) groups is 1. The molecule has 1 aliphatic carbocycles. The van der Waals surface area contributed by atoms with Gasteiger partial charge in [-0.05, 0) is 31.6 Å². The Labute approximate surface area is 91.1 Å². The molecule has 3 heteroatoms. The predicted molar refractivity (Wildman–Crippen MR) is 61.8 cm³/mol. The molecule has 1 saturated carbocycles. The van der Waals surface area contributed by atoms with E-state index in [9.17, 15) is 5.11 Å². The number of β-amino-alcohol motifs (C(OH)–C–C–N with tert-alkyl or cyclic N) is 1. The summed E-state index contributed by atoms with van der Waals surface area (Å²) in [5.74, 6) is 2.55. The summed E-state index contributed by atoms with van der Waals surface area (Å²) in [6.07, 6.45) is 5.78. The highest BCUT2D eigenvalue weighted by Crippen LogP contribution is 2.30. The lowest BCUT2D eigenvalue weighted by Gasteiger charge is -2.30. The van der Waals surface area contributed by atoms with Crippen LogP contribution >= 0.6 is 11.8 Å². The fraction of sp³-hybridized carbons (Fsp3) is 1.00. The molecule has 0 amide bonds. The topological polar surface area (TPSA) is 23.5 Å². The second kappa shape index (κ2) is 4.86. The van der Waals surface area contributed by atoms with E-state index in [4.69, 9.17) is 0 Å². The Morgan fingerprint density at radius 3 is 2.64 bits per heavy atom. The van der Waals surface area contributed by atoms with Gasteiger partial charge in [-0.15, -0.1) is 0 Å². The van der Waals surface area contributed by atoms with Crippen molar-refractivity contribution in [2.45, 2.75) is 37.7 Å². The van der Waals surface area contributed by atoms with Crippen LogP contribution in [-0.2, 0) is 0 Å². The van der Waals surface area contributed by atoms with Gasteiger partial charge in [-0.2, -0.15) is 11.8 Å². The van der Waals surface area contributed by atoms with E-state index in [1.807, 2.05) is 0 Å². The van der Waals surface area contributed by atoms with Crippen LogP contribution in [0.25, 0.3) is 0 Å². The van der Waals surface area contributed by atoms with E-state index in [0.717, 1.165) is 19.4 Å². The standard InChI is InChI=1S/C11H21NOS/c13-11(4-1-2-5-11)10-12-6-3-8-14-9-7-12/h13H,1-10H2. The van der Waals surface area contributed by atoms with Gasteiger partial charge in [0.1, 0.15) is 0 Å². The lowest BCUT2D eigenvalue weighted by Crippen LogP contribution is -2.42. The Hall–Kier alpha value is 0.270. The molecule has 0 aromatic heterocycles. The molecule has 2 aliphatic rings. The van der Waals surface area contributed by atoms with Crippen molar-refractivity contribution < 1.29 is 5.11 Å². The third-order valence-electron chi connectivity index (χ3n) is 3.37. The zero-order chi connectivity index (χ0) is 9.86. The molecule has 0 aromatic rings. The van der Waals surface area contributed by atoms with Crippen molar-refractivity contribution in [3.8, 4) is 0 Å². The molecule has 1 saturated heterocycles. The lowest BCUT2D eigenvalue weighted by atomic mass is 10.0. The third-order valence-corrected chi connectivity index (χ3v) is 4.42. The second-order valence-electron chi connectivity index (χ2n) is 4.67. The summed E-state index contributed by atoms with van der Waals surface area (Å²) in [6, 6.07) is 0. The van der Waals surface area contributed by atoms with E-state index in [0.29, 0.717) is 0 Å². The normalized spacial score (nSPS) is 28.9. The first-order valence-electron chi connectivity index (χ1n) is 5.81. The first kappa shape index (κ1) is 10.8. The molecule has 82 valence electrons. The van der Waals surface area contributed by atoms with E-state index in [1.165, 1.54) is 43.9 Å². The van der Waals surface area contributed by atoms with E-state index in [-0.39, 0.29) is 5.60 Å². The molecule has 0 bridgehead atoms. The SMILES string of the molecule is OC1(CN2CCCSCC2)CCCC1. The summed E-state index contributed by atoms with van der Waals surface area (Å²) in [7, 11) is 0. The minimum atomic E-state index is -0.338. The van der Waals surface area contributed by atoms with E-state index < -0.39 is 0 Å². The van der Waals surface area contributed by atoms with Gasteiger partial charge in [0.2, 0.25) is 0 Å². The summed E-state index contributed by atoms with van der Waals surface area (Å²) in [5.41, 5.74) is -0.338. The van der Waals surface area contributed by atoms with Gasteiger partial charge < -0.3 is 5.11 Å². The summed E-state index contributed by atoms with van der Waals surface area (Å²) in [4.78, 5) is 2.46. The fourth-order valence-electron chi connectivity index (χ4n) is 2.56. The molecule has 1 aliphatic heterocycles. The van der Waals surface area contributed by atoms with Crippen molar-refractivity contribution in [1.29, 1.82) is 0 Å². The van der Waals surface area contributed by atoms with Crippen LogP contribution in [0.4, 0.5) is 0 Å². The molecule has 2 fully saturated rings. The molecule has 2 nitrogen and oxygen atoms in total. The molecular weight excluding hydrogens is 194 g/mol. The van der Waals surface area contributed by atoms with Crippen LogP contribution in [0.15, 0.2) is 0 Å². The van der Waals surface area contributed by atoms with Crippen molar-refractivity contribution in [3.63, 3.8) is 0 Å². The van der Waals surface area contributed by atoms with Crippen LogP contribution in [0.2, 0.25) is 0 Å². The van der Waals surface area contributed by atoms with Gasteiger partial charge in [-0.3, -0.25) is 4.90 Å². The molecule has 0 aromatic carbocycles. The molecule has 14 heavy (non-hydrogen) atoms. The second-order valence-corrected chi connectivity index (χ2v) is 5.90. The number of hydrogen-bond acceptors (Lipinski definition) is 3. The van der Waals surface area contributed by atoms with Crippen LogP contribution < -0.4 is 0 Å². The number of hydrogen-bond donors (Lipinski definition) is 1. The Morgan fingerprint density at radius 1 is 1.07 bits per heavy atom. The molecule has 0 atom stereocenters. The first-order valence-corrected chi connectivity index (χ1v) is 6.97. The van der Waals surface area contributed by atoms with E-state index >= 15 is 0 Å².